The van der Waals surface area contributed by atoms with E-state index in [0.29, 0.717) is 54.5 Å². The second-order valence-electron chi connectivity index (χ2n) is 11.0. The van der Waals surface area contributed by atoms with Gasteiger partial charge in [0, 0.05) is 44.2 Å². The molecule has 10 nitrogen and oxygen atoms in total. The summed E-state index contributed by atoms with van der Waals surface area (Å²) in [6.07, 6.45) is 11.5. The van der Waals surface area contributed by atoms with Crippen molar-refractivity contribution in [2.45, 2.75) is 69.9 Å². The summed E-state index contributed by atoms with van der Waals surface area (Å²) in [6, 6.07) is 6.26. The van der Waals surface area contributed by atoms with Crippen molar-refractivity contribution in [1.82, 2.24) is 20.2 Å². The summed E-state index contributed by atoms with van der Waals surface area (Å²) in [5, 5.41) is 6.34. The summed E-state index contributed by atoms with van der Waals surface area (Å²) in [4.78, 5) is 41.2. The molecule has 0 radical (unpaired) electrons. The van der Waals surface area contributed by atoms with Crippen molar-refractivity contribution in [2.75, 3.05) is 56.0 Å². The Balaban J connectivity index is 1.29. The predicted octanol–water partition coefficient (Wildman–Crippen LogP) is 3.95. The molecule has 1 unspecified atom stereocenters. The molecule has 2 aromatic rings. The molecule has 1 saturated heterocycles. The van der Waals surface area contributed by atoms with Crippen molar-refractivity contribution in [2.24, 2.45) is 0 Å². The lowest BCUT2D eigenvalue weighted by Crippen LogP contribution is -2.39. The van der Waals surface area contributed by atoms with Crippen molar-refractivity contribution in [3.63, 3.8) is 0 Å². The minimum atomic E-state index is -0.112. The number of carbonyl (C=O) groups excluding carboxylic acids is 2. The largest absolute Gasteiger partial charge is 0.495 e. The van der Waals surface area contributed by atoms with E-state index in [0.717, 1.165) is 37.3 Å². The lowest BCUT2D eigenvalue weighted by molar-refractivity contribution is -0.118. The lowest BCUT2D eigenvalue weighted by atomic mass is 10.0. The molecule has 2 aliphatic heterocycles. The van der Waals surface area contributed by atoms with Crippen molar-refractivity contribution >= 4 is 35.0 Å². The zero-order valence-corrected chi connectivity index (χ0v) is 23.4. The van der Waals surface area contributed by atoms with Gasteiger partial charge in [-0.2, -0.15) is 4.98 Å². The summed E-state index contributed by atoms with van der Waals surface area (Å²) in [5.74, 6) is 1.70. The molecule has 210 valence electrons. The van der Waals surface area contributed by atoms with Gasteiger partial charge >= 0.3 is 0 Å². The Morgan fingerprint density at radius 3 is 2.67 bits per heavy atom. The third-order valence-corrected chi connectivity index (χ3v) is 8.48. The first-order chi connectivity index (χ1) is 18.9. The van der Waals surface area contributed by atoms with E-state index in [2.05, 4.69) is 32.5 Å². The molecule has 1 aromatic heterocycles. The van der Waals surface area contributed by atoms with E-state index < -0.39 is 0 Å². The zero-order chi connectivity index (χ0) is 27.4. The molecular formula is C29H41N7O3. The van der Waals surface area contributed by atoms with Crippen LogP contribution in [0.5, 0.6) is 5.75 Å². The van der Waals surface area contributed by atoms with Crippen LogP contribution in [0.2, 0.25) is 0 Å². The molecule has 3 aliphatic rings. The standard InChI is InChI=1S/C29H41N7O3/c1-34-16-7-6-8-21(34)13-15-30-28(38)20-11-12-23(25(18-20)39-3)32-29-31-19-24-27(33-29)36(22-9-4-5-10-22)17-14-26(37)35(24)2/h11-12,18-19,21-22H,4-10,13-17H2,1-3H3,(H,30,38)(H,31,32,33). The van der Waals surface area contributed by atoms with Gasteiger partial charge in [-0.3, -0.25) is 9.59 Å². The predicted molar refractivity (Wildman–Crippen MR) is 153 cm³/mol. The third-order valence-electron chi connectivity index (χ3n) is 8.48. The molecule has 3 heterocycles. The Hall–Kier alpha value is -3.40. The molecule has 2 fully saturated rings. The average Bonchev–Trinajstić information content (AvgIpc) is 3.45. The minimum Gasteiger partial charge on any atom is -0.495 e. The summed E-state index contributed by atoms with van der Waals surface area (Å²) < 4.78 is 5.62. The number of ether oxygens (including phenoxy) is 1. The maximum atomic E-state index is 12.9. The van der Waals surface area contributed by atoms with Crippen LogP contribution in [0.3, 0.4) is 0 Å². The van der Waals surface area contributed by atoms with Crippen LogP contribution in [0.1, 0.15) is 68.1 Å². The van der Waals surface area contributed by atoms with Gasteiger partial charge in [-0.05, 0) is 63.9 Å². The van der Waals surface area contributed by atoms with E-state index in [9.17, 15) is 9.59 Å². The number of methoxy groups -OCH3 is 1. The number of rotatable bonds is 8. The molecule has 10 heteroatoms. The fourth-order valence-electron chi connectivity index (χ4n) is 6.09. The van der Waals surface area contributed by atoms with Gasteiger partial charge in [0.1, 0.15) is 11.4 Å². The van der Waals surface area contributed by atoms with Crippen LogP contribution in [0, 0.1) is 0 Å². The first-order valence-corrected chi connectivity index (χ1v) is 14.3. The number of nitrogens with zero attached hydrogens (tertiary/aromatic N) is 5. The molecule has 5 rings (SSSR count). The first-order valence-electron chi connectivity index (χ1n) is 14.3. The van der Waals surface area contributed by atoms with Gasteiger partial charge in [-0.25, -0.2) is 4.98 Å². The normalized spacial score (nSPS) is 20.5. The molecule has 39 heavy (non-hydrogen) atoms. The molecule has 1 aliphatic carbocycles. The van der Waals surface area contributed by atoms with Crippen LogP contribution >= 0.6 is 0 Å². The summed E-state index contributed by atoms with van der Waals surface area (Å²) in [5.41, 5.74) is 1.95. The summed E-state index contributed by atoms with van der Waals surface area (Å²) in [7, 11) is 5.54. The van der Waals surface area contributed by atoms with Gasteiger partial charge < -0.3 is 30.1 Å². The topological polar surface area (TPSA) is 103 Å². The number of anilines is 4. The quantitative estimate of drug-likeness (QED) is 0.524. The highest BCUT2D eigenvalue weighted by molar-refractivity contribution is 5.97. The highest BCUT2D eigenvalue weighted by atomic mass is 16.5. The summed E-state index contributed by atoms with van der Waals surface area (Å²) in [6.45, 7) is 2.43. The van der Waals surface area contributed by atoms with E-state index in [1.807, 2.05) is 6.07 Å². The molecule has 1 atom stereocenters. The number of piperidine rings is 1. The van der Waals surface area contributed by atoms with Crippen molar-refractivity contribution < 1.29 is 14.3 Å². The Morgan fingerprint density at radius 2 is 1.90 bits per heavy atom. The Morgan fingerprint density at radius 1 is 1.10 bits per heavy atom. The Kier molecular flexibility index (Phi) is 8.50. The maximum Gasteiger partial charge on any atom is 0.251 e. The van der Waals surface area contributed by atoms with E-state index in [1.165, 1.54) is 32.1 Å². The van der Waals surface area contributed by atoms with E-state index >= 15 is 0 Å². The number of aromatic nitrogens is 2. The molecule has 1 saturated carbocycles. The second-order valence-corrected chi connectivity index (χ2v) is 11.0. The number of fused-ring (bicyclic) bond motifs is 1. The van der Waals surface area contributed by atoms with Crippen molar-refractivity contribution in [3.8, 4) is 5.75 Å². The molecule has 0 spiro atoms. The van der Waals surface area contributed by atoms with Gasteiger partial charge in [0.25, 0.3) is 5.91 Å². The number of amides is 2. The number of benzene rings is 1. The third kappa shape index (κ3) is 6.11. The number of carbonyl (C=O) groups is 2. The van der Waals surface area contributed by atoms with Crippen LogP contribution in [0.4, 0.5) is 23.1 Å². The highest BCUT2D eigenvalue weighted by Crippen LogP contribution is 2.37. The SMILES string of the molecule is COc1cc(C(=O)NCCC2CCCCN2C)ccc1Nc1ncc2c(n1)N(C1CCCC1)CCC(=O)N2C. The fourth-order valence-corrected chi connectivity index (χ4v) is 6.09. The van der Waals surface area contributed by atoms with Crippen molar-refractivity contribution in [1.29, 1.82) is 0 Å². The number of likely N-dealkylation sites (tertiary alicyclic amines) is 1. The average molecular weight is 536 g/mol. The van der Waals surface area contributed by atoms with Gasteiger partial charge in [-0.1, -0.05) is 19.3 Å². The zero-order valence-electron chi connectivity index (χ0n) is 23.4. The van der Waals surface area contributed by atoms with E-state index in [4.69, 9.17) is 9.72 Å². The highest BCUT2D eigenvalue weighted by Gasteiger charge is 2.31. The van der Waals surface area contributed by atoms with Crippen LogP contribution in [0.15, 0.2) is 24.4 Å². The number of hydrogen-bond acceptors (Lipinski definition) is 8. The van der Waals surface area contributed by atoms with Gasteiger partial charge in [0.05, 0.1) is 19.0 Å². The van der Waals surface area contributed by atoms with Crippen LogP contribution in [0.25, 0.3) is 0 Å². The van der Waals surface area contributed by atoms with Gasteiger partial charge in [-0.15, -0.1) is 0 Å². The van der Waals surface area contributed by atoms with Crippen LogP contribution in [-0.2, 0) is 4.79 Å². The lowest BCUT2D eigenvalue weighted by Gasteiger charge is -2.32. The Labute approximate surface area is 231 Å². The van der Waals surface area contributed by atoms with Crippen molar-refractivity contribution in [3.05, 3.63) is 30.0 Å². The van der Waals surface area contributed by atoms with E-state index in [1.54, 1.807) is 37.4 Å². The summed E-state index contributed by atoms with van der Waals surface area (Å²) >= 11 is 0. The van der Waals surface area contributed by atoms with Crippen LogP contribution in [-0.4, -0.2) is 79.6 Å². The smallest absolute Gasteiger partial charge is 0.251 e. The fraction of sp³-hybridized carbons (Fsp3) is 0.586. The Bertz CT molecular complexity index is 1180. The van der Waals surface area contributed by atoms with Gasteiger partial charge in [0.15, 0.2) is 5.82 Å². The van der Waals surface area contributed by atoms with E-state index in [-0.39, 0.29) is 11.8 Å². The molecule has 0 bridgehead atoms. The molecule has 1 aromatic carbocycles. The van der Waals surface area contributed by atoms with Crippen LogP contribution < -0.4 is 25.2 Å². The second kappa shape index (κ2) is 12.2. The number of hydrogen-bond donors (Lipinski definition) is 2. The van der Waals surface area contributed by atoms with Gasteiger partial charge in [0.2, 0.25) is 11.9 Å². The number of nitrogens with one attached hydrogen (secondary N) is 2. The minimum absolute atomic E-state index is 0.0716. The molecule has 2 N–H and O–H groups in total. The monoisotopic (exact) mass is 535 g/mol. The molecular weight excluding hydrogens is 494 g/mol. The maximum absolute atomic E-state index is 12.9. The molecule has 2 amide bonds. The first kappa shape index (κ1) is 27.2.